The summed E-state index contributed by atoms with van der Waals surface area (Å²) in [7, 11) is 1.87. The average Bonchev–Trinajstić information content (AvgIpc) is 2.79. The zero-order chi connectivity index (χ0) is 11.6. The van der Waals surface area contributed by atoms with Crippen LogP contribution in [0.1, 0.15) is 6.42 Å². The van der Waals surface area contributed by atoms with E-state index in [0.717, 1.165) is 11.4 Å². The van der Waals surface area contributed by atoms with Gasteiger partial charge in [0.1, 0.15) is 5.54 Å². The van der Waals surface area contributed by atoms with E-state index in [1.54, 1.807) is 11.8 Å². The van der Waals surface area contributed by atoms with Gasteiger partial charge in [-0.2, -0.15) is 11.8 Å². The van der Waals surface area contributed by atoms with Gasteiger partial charge in [-0.1, -0.05) is 18.2 Å². The van der Waals surface area contributed by atoms with E-state index in [9.17, 15) is 9.90 Å². The number of likely N-dealkylation sites (N-methyl/N-ethyl adjacent to an activating group) is 1. The fourth-order valence-electron chi connectivity index (χ4n) is 2.03. The molecule has 0 amide bonds. The SMILES string of the molecule is CN(c1ccccc1)C1(C(=O)O)CCSC1. The van der Waals surface area contributed by atoms with Gasteiger partial charge in [-0.15, -0.1) is 0 Å². The molecule has 1 saturated heterocycles. The maximum atomic E-state index is 11.5. The van der Waals surface area contributed by atoms with Gasteiger partial charge in [0.05, 0.1) is 0 Å². The highest BCUT2D eigenvalue weighted by Crippen LogP contribution is 2.35. The standard InChI is InChI=1S/C12H15NO2S/c1-13(10-5-3-2-4-6-10)12(11(14)15)7-8-16-9-12/h2-6H,7-9H2,1H3,(H,14,15). The fourth-order valence-corrected chi connectivity index (χ4v) is 3.46. The van der Waals surface area contributed by atoms with Gasteiger partial charge in [-0.25, -0.2) is 4.79 Å². The predicted octanol–water partition coefficient (Wildman–Crippen LogP) is 2.08. The van der Waals surface area contributed by atoms with Crippen molar-refractivity contribution in [1.29, 1.82) is 0 Å². The lowest BCUT2D eigenvalue weighted by Crippen LogP contribution is -2.53. The summed E-state index contributed by atoms with van der Waals surface area (Å²) >= 11 is 1.71. The largest absolute Gasteiger partial charge is 0.479 e. The summed E-state index contributed by atoms with van der Waals surface area (Å²) in [5, 5.41) is 9.44. The molecule has 2 rings (SSSR count). The van der Waals surface area contributed by atoms with E-state index >= 15 is 0 Å². The first kappa shape index (κ1) is 11.3. The summed E-state index contributed by atoms with van der Waals surface area (Å²) in [6, 6.07) is 9.71. The van der Waals surface area contributed by atoms with Crippen molar-refractivity contribution in [2.75, 3.05) is 23.5 Å². The van der Waals surface area contributed by atoms with Gasteiger partial charge >= 0.3 is 5.97 Å². The predicted molar refractivity (Wildman–Crippen MR) is 67.2 cm³/mol. The first-order valence-corrected chi connectivity index (χ1v) is 6.42. The molecule has 3 nitrogen and oxygen atoms in total. The van der Waals surface area contributed by atoms with Crippen molar-refractivity contribution in [2.45, 2.75) is 12.0 Å². The number of benzene rings is 1. The zero-order valence-electron chi connectivity index (χ0n) is 9.22. The van der Waals surface area contributed by atoms with Gasteiger partial charge in [0.2, 0.25) is 0 Å². The van der Waals surface area contributed by atoms with E-state index < -0.39 is 11.5 Å². The van der Waals surface area contributed by atoms with Gasteiger partial charge in [0.25, 0.3) is 0 Å². The van der Waals surface area contributed by atoms with Crippen molar-refractivity contribution in [3.8, 4) is 0 Å². The highest BCUT2D eigenvalue weighted by Gasteiger charge is 2.45. The first-order chi connectivity index (χ1) is 7.67. The van der Waals surface area contributed by atoms with E-state index in [-0.39, 0.29) is 0 Å². The molecule has 0 spiro atoms. The smallest absolute Gasteiger partial charge is 0.330 e. The van der Waals surface area contributed by atoms with E-state index in [4.69, 9.17) is 0 Å². The maximum Gasteiger partial charge on any atom is 0.330 e. The third kappa shape index (κ3) is 1.78. The monoisotopic (exact) mass is 237 g/mol. The number of hydrogen-bond donors (Lipinski definition) is 1. The Morgan fingerprint density at radius 2 is 2.12 bits per heavy atom. The van der Waals surface area contributed by atoms with Crippen molar-refractivity contribution in [3.05, 3.63) is 30.3 Å². The van der Waals surface area contributed by atoms with Gasteiger partial charge in [-0.3, -0.25) is 0 Å². The molecule has 0 saturated carbocycles. The van der Waals surface area contributed by atoms with Crippen LogP contribution in [-0.2, 0) is 4.79 Å². The molecule has 1 aromatic carbocycles. The summed E-state index contributed by atoms with van der Waals surface area (Å²) in [4.78, 5) is 13.4. The number of thioether (sulfide) groups is 1. The Bertz CT molecular complexity index is 374. The van der Waals surface area contributed by atoms with Crippen molar-refractivity contribution in [2.24, 2.45) is 0 Å². The number of hydrogen-bond acceptors (Lipinski definition) is 3. The minimum atomic E-state index is -0.730. The highest BCUT2D eigenvalue weighted by atomic mass is 32.2. The molecule has 1 fully saturated rings. The summed E-state index contributed by atoms with van der Waals surface area (Å²) in [5.74, 6) is 0.862. The third-order valence-corrected chi connectivity index (χ3v) is 4.36. The number of anilines is 1. The topological polar surface area (TPSA) is 40.5 Å². The second kappa shape index (κ2) is 4.37. The van der Waals surface area contributed by atoms with Gasteiger partial charge < -0.3 is 10.0 Å². The number of carbonyl (C=O) groups is 1. The van der Waals surface area contributed by atoms with Crippen LogP contribution < -0.4 is 4.90 Å². The Kier molecular flexibility index (Phi) is 3.10. The molecule has 1 aliphatic rings. The van der Waals surface area contributed by atoms with Crippen LogP contribution in [-0.4, -0.2) is 35.2 Å². The van der Waals surface area contributed by atoms with Crippen molar-refractivity contribution in [3.63, 3.8) is 0 Å². The molecule has 0 aliphatic carbocycles. The summed E-state index contributed by atoms with van der Waals surface area (Å²) in [6.07, 6.45) is 0.707. The first-order valence-electron chi connectivity index (χ1n) is 5.27. The van der Waals surface area contributed by atoms with E-state index in [2.05, 4.69) is 0 Å². The Morgan fingerprint density at radius 1 is 1.44 bits per heavy atom. The van der Waals surface area contributed by atoms with Gasteiger partial charge in [-0.05, 0) is 24.3 Å². The van der Waals surface area contributed by atoms with Gasteiger partial charge in [0, 0.05) is 18.5 Å². The number of nitrogens with zero attached hydrogens (tertiary/aromatic N) is 1. The normalized spacial score (nSPS) is 24.3. The van der Waals surface area contributed by atoms with E-state index in [0.29, 0.717) is 12.2 Å². The van der Waals surface area contributed by atoms with Gasteiger partial charge in [0.15, 0.2) is 0 Å². The fraction of sp³-hybridized carbons (Fsp3) is 0.417. The van der Waals surface area contributed by atoms with Crippen molar-refractivity contribution < 1.29 is 9.90 Å². The second-order valence-corrected chi connectivity index (χ2v) is 5.14. The van der Waals surface area contributed by atoms with Crippen molar-refractivity contribution >= 4 is 23.4 Å². The van der Waals surface area contributed by atoms with Crippen molar-refractivity contribution in [1.82, 2.24) is 0 Å². The Balaban J connectivity index is 2.31. The van der Waals surface area contributed by atoms with Crippen LogP contribution in [0.4, 0.5) is 5.69 Å². The Labute approximate surface area is 99.5 Å². The molecular formula is C12H15NO2S. The molecule has 86 valence electrons. The number of aliphatic carboxylic acids is 1. The minimum absolute atomic E-state index is 0.660. The summed E-state index contributed by atoms with van der Waals surface area (Å²) in [6.45, 7) is 0. The molecule has 16 heavy (non-hydrogen) atoms. The number of rotatable bonds is 3. The molecular weight excluding hydrogens is 222 g/mol. The highest BCUT2D eigenvalue weighted by molar-refractivity contribution is 7.99. The quantitative estimate of drug-likeness (QED) is 0.874. The van der Waals surface area contributed by atoms with Crippen LogP contribution in [0.15, 0.2) is 30.3 Å². The molecule has 1 N–H and O–H groups in total. The molecule has 0 bridgehead atoms. The Morgan fingerprint density at radius 3 is 2.62 bits per heavy atom. The molecule has 1 atom stereocenters. The van der Waals surface area contributed by atoms with E-state index in [1.165, 1.54) is 0 Å². The molecule has 0 aromatic heterocycles. The van der Waals surface area contributed by atoms with Crippen LogP contribution in [0.2, 0.25) is 0 Å². The zero-order valence-corrected chi connectivity index (χ0v) is 10.0. The minimum Gasteiger partial charge on any atom is -0.479 e. The number of carboxylic acid groups (broad SMARTS) is 1. The molecule has 4 heteroatoms. The summed E-state index contributed by atoms with van der Waals surface area (Å²) in [5.41, 5.74) is 0.235. The number of para-hydroxylation sites is 1. The molecule has 1 aliphatic heterocycles. The molecule has 1 aromatic rings. The van der Waals surface area contributed by atoms with Crippen LogP contribution in [0, 0.1) is 0 Å². The lowest BCUT2D eigenvalue weighted by atomic mass is 9.96. The maximum absolute atomic E-state index is 11.5. The second-order valence-electron chi connectivity index (χ2n) is 4.03. The van der Waals surface area contributed by atoms with Crippen LogP contribution in [0.5, 0.6) is 0 Å². The lowest BCUT2D eigenvalue weighted by Gasteiger charge is -2.36. The van der Waals surface area contributed by atoms with E-state index in [1.807, 2.05) is 42.3 Å². The van der Waals surface area contributed by atoms with Crippen LogP contribution in [0.25, 0.3) is 0 Å². The lowest BCUT2D eigenvalue weighted by molar-refractivity contribution is -0.142. The molecule has 0 radical (unpaired) electrons. The molecule has 1 unspecified atom stereocenters. The Hall–Kier alpha value is -1.16. The van der Waals surface area contributed by atoms with Crippen LogP contribution in [0.3, 0.4) is 0 Å². The number of carboxylic acids is 1. The summed E-state index contributed by atoms with van der Waals surface area (Å²) < 4.78 is 0. The average molecular weight is 237 g/mol. The molecule has 1 heterocycles. The third-order valence-electron chi connectivity index (χ3n) is 3.18. The van der Waals surface area contributed by atoms with Crippen LogP contribution >= 0.6 is 11.8 Å².